The SMILES string of the molecule is C[C@H](NC(=O)c1ccncc1)c1ccc(Br)cc1. The number of carbonyl (C=O) groups excluding carboxylic acids is 1. The highest BCUT2D eigenvalue weighted by Gasteiger charge is 2.10. The second-order valence-electron chi connectivity index (χ2n) is 3.98. The third kappa shape index (κ3) is 3.17. The molecule has 2 aromatic rings. The Hall–Kier alpha value is -1.68. The van der Waals surface area contributed by atoms with E-state index in [-0.39, 0.29) is 11.9 Å². The molecule has 0 bridgehead atoms. The number of hydrogen-bond donors (Lipinski definition) is 1. The van der Waals surface area contributed by atoms with Gasteiger partial charge < -0.3 is 5.32 Å². The van der Waals surface area contributed by atoms with E-state index >= 15 is 0 Å². The normalized spacial score (nSPS) is 11.9. The van der Waals surface area contributed by atoms with Crippen LogP contribution in [0.3, 0.4) is 0 Å². The van der Waals surface area contributed by atoms with Gasteiger partial charge in [0.25, 0.3) is 5.91 Å². The number of carbonyl (C=O) groups is 1. The third-order valence-electron chi connectivity index (χ3n) is 2.66. The number of amides is 1. The number of benzene rings is 1. The molecule has 0 saturated carbocycles. The van der Waals surface area contributed by atoms with Crippen LogP contribution in [0.25, 0.3) is 0 Å². The maximum Gasteiger partial charge on any atom is 0.251 e. The topological polar surface area (TPSA) is 42.0 Å². The maximum absolute atomic E-state index is 11.9. The molecular weight excluding hydrogens is 292 g/mol. The second kappa shape index (κ2) is 5.78. The summed E-state index contributed by atoms with van der Waals surface area (Å²) in [6, 6.07) is 11.3. The van der Waals surface area contributed by atoms with Crippen LogP contribution in [0.4, 0.5) is 0 Å². The van der Waals surface area contributed by atoms with Gasteiger partial charge in [0.05, 0.1) is 6.04 Å². The molecule has 0 radical (unpaired) electrons. The summed E-state index contributed by atoms with van der Waals surface area (Å²) in [6.45, 7) is 1.96. The molecule has 1 atom stereocenters. The molecule has 0 fully saturated rings. The lowest BCUT2D eigenvalue weighted by molar-refractivity contribution is 0.0940. The van der Waals surface area contributed by atoms with Gasteiger partial charge in [0.2, 0.25) is 0 Å². The van der Waals surface area contributed by atoms with Crippen LogP contribution >= 0.6 is 15.9 Å². The number of rotatable bonds is 3. The lowest BCUT2D eigenvalue weighted by Gasteiger charge is -2.14. The first kappa shape index (κ1) is 12.8. The largest absolute Gasteiger partial charge is 0.346 e. The molecule has 1 amide bonds. The predicted octanol–water partition coefficient (Wildman–Crippen LogP) is 3.34. The van der Waals surface area contributed by atoms with Crippen molar-refractivity contribution in [2.75, 3.05) is 0 Å². The van der Waals surface area contributed by atoms with E-state index in [4.69, 9.17) is 0 Å². The van der Waals surface area contributed by atoms with E-state index in [1.165, 1.54) is 0 Å². The highest BCUT2D eigenvalue weighted by Crippen LogP contribution is 2.16. The Bertz CT molecular complexity index is 525. The van der Waals surface area contributed by atoms with Crippen LogP contribution in [-0.2, 0) is 0 Å². The standard InChI is InChI=1S/C14H13BrN2O/c1-10(11-2-4-13(15)5-3-11)17-14(18)12-6-8-16-9-7-12/h2-10H,1H3,(H,17,18)/t10-/m0/s1. The van der Waals surface area contributed by atoms with Crippen molar-refractivity contribution in [2.45, 2.75) is 13.0 Å². The number of hydrogen-bond acceptors (Lipinski definition) is 2. The van der Waals surface area contributed by atoms with Crippen LogP contribution in [0.15, 0.2) is 53.3 Å². The quantitative estimate of drug-likeness (QED) is 0.945. The van der Waals surface area contributed by atoms with Crippen LogP contribution in [0, 0.1) is 0 Å². The highest BCUT2D eigenvalue weighted by molar-refractivity contribution is 9.10. The predicted molar refractivity (Wildman–Crippen MR) is 74.3 cm³/mol. The lowest BCUT2D eigenvalue weighted by atomic mass is 10.1. The van der Waals surface area contributed by atoms with Gasteiger partial charge in [0.1, 0.15) is 0 Å². The average Bonchev–Trinajstić information content (AvgIpc) is 2.40. The molecule has 1 N–H and O–H groups in total. The summed E-state index contributed by atoms with van der Waals surface area (Å²) in [7, 11) is 0. The van der Waals surface area contributed by atoms with E-state index in [1.54, 1.807) is 24.5 Å². The van der Waals surface area contributed by atoms with Crippen molar-refractivity contribution < 1.29 is 4.79 Å². The fourth-order valence-corrected chi connectivity index (χ4v) is 1.88. The fourth-order valence-electron chi connectivity index (χ4n) is 1.62. The Labute approximate surface area is 114 Å². The summed E-state index contributed by atoms with van der Waals surface area (Å²) in [5, 5.41) is 2.95. The van der Waals surface area contributed by atoms with Crippen LogP contribution in [0.2, 0.25) is 0 Å². The van der Waals surface area contributed by atoms with Gasteiger partial charge >= 0.3 is 0 Å². The molecule has 4 heteroatoms. The van der Waals surface area contributed by atoms with Crippen LogP contribution < -0.4 is 5.32 Å². The van der Waals surface area contributed by atoms with Crippen LogP contribution in [0.1, 0.15) is 28.9 Å². The highest BCUT2D eigenvalue weighted by atomic mass is 79.9. The van der Waals surface area contributed by atoms with Gasteiger partial charge in [-0.05, 0) is 36.8 Å². The van der Waals surface area contributed by atoms with Gasteiger partial charge in [-0.25, -0.2) is 0 Å². The van der Waals surface area contributed by atoms with Crippen LogP contribution in [0.5, 0.6) is 0 Å². The summed E-state index contributed by atoms with van der Waals surface area (Å²) < 4.78 is 1.03. The summed E-state index contributed by atoms with van der Waals surface area (Å²) in [4.78, 5) is 15.8. The minimum absolute atomic E-state index is 0.0289. The Morgan fingerprint density at radius 3 is 2.39 bits per heavy atom. The first-order valence-electron chi connectivity index (χ1n) is 5.63. The number of nitrogens with one attached hydrogen (secondary N) is 1. The van der Waals surface area contributed by atoms with E-state index in [9.17, 15) is 4.79 Å². The van der Waals surface area contributed by atoms with Crippen molar-refractivity contribution in [3.05, 3.63) is 64.4 Å². The van der Waals surface area contributed by atoms with Gasteiger partial charge in [-0.3, -0.25) is 9.78 Å². The molecule has 18 heavy (non-hydrogen) atoms. The minimum atomic E-state index is -0.0900. The number of aromatic nitrogens is 1. The summed E-state index contributed by atoms with van der Waals surface area (Å²) in [5.74, 6) is -0.0900. The van der Waals surface area contributed by atoms with Gasteiger partial charge in [-0.2, -0.15) is 0 Å². The van der Waals surface area contributed by atoms with E-state index < -0.39 is 0 Å². The third-order valence-corrected chi connectivity index (χ3v) is 3.19. The molecule has 92 valence electrons. The van der Waals surface area contributed by atoms with Crippen molar-refractivity contribution >= 4 is 21.8 Å². The zero-order chi connectivity index (χ0) is 13.0. The molecule has 0 saturated heterocycles. The molecule has 0 aliphatic heterocycles. The van der Waals surface area contributed by atoms with Crippen molar-refractivity contribution in [2.24, 2.45) is 0 Å². The van der Waals surface area contributed by atoms with Crippen molar-refractivity contribution in [3.8, 4) is 0 Å². The molecule has 1 aromatic carbocycles. The van der Waals surface area contributed by atoms with Crippen LogP contribution in [-0.4, -0.2) is 10.9 Å². The van der Waals surface area contributed by atoms with Crippen molar-refractivity contribution in [3.63, 3.8) is 0 Å². The number of nitrogens with zero attached hydrogens (tertiary/aromatic N) is 1. The fraction of sp³-hybridized carbons (Fsp3) is 0.143. The summed E-state index contributed by atoms with van der Waals surface area (Å²) in [6.07, 6.45) is 3.22. The smallest absolute Gasteiger partial charge is 0.251 e. The lowest BCUT2D eigenvalue weighted by Crippen LogP contribution is -2.26. The Morgan fingerprint density at radius 2 is 1.78 bits per heavy atom. The number of halogens is 1. The number of pyridine rings is 1. The van der Waals surface area contributed by atoms with Gasteiger partial charge in [0.15, 0.2) is 0 Å². The Kier molecular flexibility index (Phi) is 4.10. The first-order chi connectivity index (χ1) is 8.66. The van der Waals surface area contributed by atoms with Crippen molar-refractivity contribution in [1.29, 1.82) is 0 Å². The average molecular weight is 305 g/mol. The zero-order valence-electron chi connectivity index (χ0n) is 9.93. The summed E-state index contributed by atoms with van der Waals surface area (Å²) >= 11 is 3.39. The van der Waals surface area contributed by atoms with Crippen molar-refractivity contribution in [1.82, 2.24) is 10.3 Å². The van der Waals surface area contributed by atoms with Gasteiger partial charge in [-0.1, -0.05) is 28.1 Å². The zero-order valence-corrected chi connectivity index (χ0v) is 11.5. The van der Waals surface area contributed by atoms with E-state index in [2.05, 4.69) is 26.2 Å². The van der Waals surface area contributed by atoms with E-state index in [1.807, 2.05) is 31.2 Å². The molecule has 0 aliphatic carbocycles. The molecule has 1 heterocycles. The summed E-state index contributed by atoms with van der Waals surface area (Å²) in [5.41, 5.74) is 1.69. The molecule has 2 rings (SSSR count). The molecule has 0 unspecified atom stereocenters. The maximum atomic E-state index is 11.9. The first-order valence-corrected chi connectivity index (χ1v) is 6.42. The molecule has 0 aliphatic rings. The second-order valence-corrected chi connectivity index (χ2v) is 4.90. The minimum Gasteiger partial charge on any atom is -0.346 e. The molecule has 1 aromatic heterocycles. The molecular formula is C14H13BrN2O. The van der Waals surface area contributed by atoms with E-state index in [0.29, 0.717) is 5.56 Å². The Balaban J connectivity index is 2.06. The van der Waals surface area contributed by atoms with Gasteiger partial charge in [0, 0.05) is 22.4 Å². The van der Waals surface area contributed by atoms with E-state index in [0.717, 1.165) is 10.0 Å². The Morgan fingerprint density at radius 1 is 1.17 bits per heavy atom. The monoisotopic (exact) mass is 304 g/mol. The molecule has 0 spiro atoms. The van der Waals surface area contributed by atoms with Gasteiger partial charge in [-0.15, -0.1) is 0 Å². The molecule has 3 nitrogen and oxygen atoms in total.